The molecule has 1 aliphatic rings. The summed E-state index contributed by atoms with van der Waals surface area (Å²) in [6.07, 6.45) is 6.42. The number of unbranched alkanes of at least 4 members (excludes halogenated alkanes) is 1. The van der Waals surface area contributed by atoms with E-state index in [1.54, 1.807) is 0 Å². The van der Waals surface area contributed by atoms with Crippen LogP contribution in [-0.4, -0.2) is 18.6 Å². The van der Waals surface area contributed by atoms with Crippen LogP contribution < -0.4 is 11.3 Å². The number of hydrogen-bond donors (Lipinski definition) is 2. The van der Waals surface area contributed by atoms with Crippen molar-refractivity contribution in [2.45, 2.75) is 58.5 Å². The summed E-state index contributed by atoms with van der Waals surface area (Å²) in [5, 5.41) is 0. The monoisotopic (exact) mass is 242 g/mol. The number of hydrogen-bond acceptors (Lipinski definition) is 3. The normalized spacial score (nSPS) is 29.0. The molecule has 1 fully saturated rings. The van der Waals surface area contributed by atoms with E-state index < -0.39 is 0 Å². The fourth-order valence-electron chi connectivity index (χ4n) is 2.72. The van der Waals surface area contributed by atoms with Crippen LogP contribution in [0.2, 0.25) is 0 Å². The number of rotatable bonds is 6. The molecule has 0 heterocycles. The Hall–Kier alpha value is -0.610. The van der Waals surface area contributed by atoms with Crippen molar-refractivity contribution in [3.63, 3.8) is 0 Å². The van der Waals surface area contributed by atoms with E-state index >= 15 is 0 Å². The maximum atomic E-state index is 10.9. The van der Waals surface area contributed by atoms with Crippen LogP contribution in [0.4, 0.5) is 0 Å². The smallest absolute Gasteiger partial charge is 0.233 e. The number of nitrogens with two attached hydrogens (primary N) is 1. The first-order valence-corrected chi connectivity index (χ1v) is 6.72. The molecule has 3 N–H and O–H groups in total. The predicted molar refractivity (Wildman–Crippen MR) is 68.1 cm³/mol. The Labute approximate surface area is 104 Å². The molecule has 0 saturated heterocycles. The zero-order valence-corrected chi connectivity index (χ0v) is 11.1. The van der Waals surface area contributed by atoms with Gasteiger partial charge in [0.05, 0.1) is 6.10 Å². The topological polar surface area (TPSA) is 64.3 Å². The van der Waals surface area contributed by atoms with E-state index in [0.717, 1.165) is 31.3 Å². The molecule has 0 aromatic carbocycles. The number of carbonyl (C=O) groups is 1. The van der Waals surface area contributed by atoms with Gasteiger partial charge in [0.1, 0.15) is 0 Å². The van der Waals surface area contributed by atoms with E-state index in [1.807, 2.05) is 0 Å². The molecule has 1 aliphatic carbocycles. The van der Waals surface area contributed by atoms with Gasteiger partial charge in [-0.05, 0) is 43.9 Å². The number of nitrogens with one attached hydrogen (secondary N) is 1. The first-order valence-electron chi connectivity index (χ1n) is 6.72. The van der Waals surface area contributed by atoms with E-state index in [1.165, 1.54) is 19.3 Å². The molecule has 4 nitrogen and oxygen atoms in total. The average Bonchev–Trinajstić information content (AvgIpc) is 2.27. The first kappa shape index (κ1) is 14.5. The molecule has 1 amide bonds. The molecule has 0 aromatic rings. The highest BCUT2D eigenvalue weighted by Crippen LogP contribution is 2.30. The lowest BCUT2D eigenvalue weighted by Gasteiger charge is -2.31. The number of amides is 1. The van der Waals surface area contributed by atoms with Crippen molar-refractivity contribution < 1.29 is 9.53 Å². The fraction of sp³-hybridized carbons (Fsp3) is 0.923. The number of carbonyl (C=O) groups excluding carboxylic acids is 1. The summed E-state index contributed by atoms with van der Waals surface area (Å²) in [6, 6.07) is 0. The second-order valence-corrected chi connectivity index (χ2v) is 5.43. The van der Waals surface area contributed by atoms with E-state index in [-0.39, 0.29) is 5.91 Å². The molecule has 100 valence electrons. The first-order chi connectivity index (χ1) is 8.11. The maximum absolute atomic E-state index is 10.9. The molecule has 2 unspecified atom stereocenters. The molecular formula is C13H26N2O2. The quantitative estimate of drug-likeness (QED) is 0.324. The van der Waals surface area contributed by atoms with Crippen LogP contribution in [0.3, 0.4) is 0 Å². The Kier molecular flexibility index (Phi) is 6.52. The number of hydrazine groups is 1. The SMILES string of the molecule is CC1CC(C)CC(OCCCCC(=O)NN)C1. The molecule has 0 spiro atoms. The molecule has 0 radical (unpaired) electrons. The summed E-state index contributed by atoms with van der Waals surface area (Å²) in [7, 11) is 0. The van der Waals surface area contributed by atoms with Crippen LogP contribution >= 0.6 is 0 Å². The Bertz CT molecular complexity index is 223. The van der Waals surface area contributed by atoms with Gasteiger partial charge in [0.15, 0.2) is 0 Å². The van der Waals surface area contributed by atoms with Gasteiger partial charge in [0, 0.05) is 13.0 Å². The molecule has 17 heavy (non-hydrogen) atoms. The summed E-state index contributed by atoms with van der Waals surface area (Å²) < 4.78 is 5.88. The Morgan fingerprint density at radius 2 is 1.88 bits per heavy atom. The van der Waals surface area contributed by atoms with Gasteiger partial charge < -0.3 is 4.74 Å². The van der Waals surface area contributed by atoms with E-state index in [9.17, 15) is 4.79 Å². The summed E-state index contributed by atoms with van der Waals surface area (Å²) in [5.74, 6) is 6.48. The minimum Gasteiger partial charge on any atom is -0.378 e. The fourth-order valence-corrected chi connectivity index (χ4v) is 2.72. The van der Waals surface area contributed by atoms with Crippen LogP contribution in [-0.2, 0) is 9.53 Å². The molecule has 0 aliphatic heterocycles. The summed E-state index contributed by atoms with van der Waals surface area (Å²) in [5.41, 5.74) is 2.14. The zero-order valence-electron chi connectivity index (χ0n) is 11.1. The predicted octanol–water partition coefficient (Wildman–Crippen LogP) is 1.99. The van der Waals surface area contributed by atoms with Crippen molar-refractivity contribution in [1.82, 2.24) is 5.43 Å². The van der Waals surface area contributed by atoms with Crippen LogP contribution in [0.25, 0.3) is 0 Å². The molecule has 0 bridgehead atoms. The van der Waals surface area contributed by atoms with Gasteiger partial charge in [-0.2, -0.15) is 0 Å². The van der Waals surface area contributed by atoms with Crippen molar-refractivity contribution in [3.05, 3.63) is 0 Å². The maximum Gasteiger partial charge on any atom is 0.233 e. The third-order valence-corrected chi connectivity index (χ3v) is 3.45. The third kappa shape index (κ3) is 6.03. The summed E-state index contributed by atoms with van der Waals surface area (Å²) in [4.78, 5) is 10.9. The van der Waals surface area contributed by atoms with Crippen LogP contribution in [0, 0.1) is 11.8 Å². The Morgan fingerprint density at radius 3 is 2.47 bits per heavy atom. The summed E-state index contributed by atoms with van der Waals surface area (Å²) >= 11 is 0. The van der Waals surface area contributed by atoms with E-state index in [0.29, 0.717) is 12.5 Å². The minimum atomic E-state index is -0.0927. The lowest BCUT2D eigenvalue weighted by atomic mass is 9.82. The second kappa shape index (κ2) is 7.67. The highest BCUT2D eigenvalue weighted by Gasteiger charge is 2.24. The molecule has 0 aromatic heterocycles. The highest BCUT2D eigenvalue weighted by molar-refractivity contribution is 5.74. The second-order valence-electron chi connectivity index (χ2n) is 5.43. The molecule has 2 atom stereocenters. The third-order valence-electron chi connectivity index (χ3n) is 3.45. The van der Waals surface area contributed by atoms with Gasteiger partial charge in [-0.25, -0.2) is 5.84 Å². The van der Waals surface area contributed by atoms with E-state index in [2.05, 4.69) is 19.3 Å². The van der Waals surface area contributed by atoms with Crippen LogP contribution in [0.15, 0.2) is 0 Å². The zero-order chi connectivity index (χ0) is 12.7. The minimum absolute atomic E-state index is 0.0927. The van der Waals surface area contributed by atoms with Crippen molar-refractivity contribution in [1.29, 1.82) is 0 Å². The molecule has 1 saturated carbocycles. The lowest BCUT2D eigenvalue weighted by Crippen LogP contribution is -2.29. The van der Waals surface area contributed by atoms with Gasteiger partial charge in [0.25, 0.3) is 0 Å². The van der Waals surface area contributed by atoms with Gasteiger partial charge in [-0.15, -0.1) is 0 Å². The van der Waals surface area contributed by atoms with Crippen LogP contribution in [0.5, 0.6) is 0 Å². The standard InChI is InChI=1S/C13H26N2O2/c1-10-7-11(2)9-12(8-10)17-6-4-3-5-13(16)15-14/h10-12H,3-9,14H2,1-2H3,(H,15,16). The summed E-state index contributed by atoms with van der Waals surface area (Å²) in [6.45, 7) is 5.37. The van der Waals surface area contributed by atoms with Gasteiger partial charge >= 0.3 is 0 Å². The van der Waals surface area contributed by atoms with Crippen molar-refractivity contribution in [2.75, 3.05) is 6.61 Å². The van der Waals surface area contributed by atoms with Crippen molar-refractivity contribution >= 4 is 5.91 Å². The largest absolute Gasteiger partial charge is 0.378 e. The van der Waals surface area contributed by atoms with Crippen molar-refractivity contribution in [2.24, 2.45) is 17.7 Å². The van der Waals surface area contributed by atoms with Gasteiger partial charge in [-0.3, -0.25) is 10.2 Å². The Balaban J connectivity index is 2.04. The van der Waals surface area contributed by atoms with Gasteiger partial charge in [-0.1, -0.05) is 13.8 Å². The van der Waals surface area contributed by atoms with Gasteiger partial charge in [0.2, 0.25) is 5.91 Å². The molecular weight excluding hydrogens is 216 g/mol. The van der Waals surface area contributed by atoms with Crippen LogP contribution in [0.1, 0.15) is 52.4 Å². The molecule has 1 rings (SSSR count). The number of ether oxygens (including phenoxy) is 1. The Morgan fingerprint density at radius 1 is 1.24 bits per heavy atom. The molecule has 4 heteroatoms. The lowest BCUT2D eigenvalue weighted by molar-refractivity contribution is -0.121. The average molecular weight is 242 g/mol. The highest BCUT2D eigenvalue weighted by atomic mass is 16.5. The van der Waals surface area contributed by atoms with E-state index in [4.69, 9.17) is 10.6 Å². The van der Waals surface area contributed by atoms with Crippen molar-refractivity contribution in [3.8, 4) is 0 Å².